The zero-order valence-corrected chi connectivity index (χ0v) is 17.2. The van der Waals surface area contributed by atoms with E-state index in [4.69, 9.17) is 4.98 Å². The van der Waals surface area contributed by atoms with Crippen molar-refractivity contribution in [2.24, 2.45) is 5.92 Å². The second-order valence-corrected chi connectivity index (χ2v) is 8.02. The fourth-order valence-electron chi connectivity index (χ4n) is 4.24. The Morgan fingerprint density at radius 3 is 2.43 bits per heavy atom. The van der Waals surface area contributed by atoms with E-state index in [1.54, 1.807) is 12.4 Å². The number of fused-ring (bicyclic) bond motifs is 1. The van der Waals surface area contributed by atoms with Crippen LogP contribution in [0.25, 0.3) is 22.3 Å². The second kappa shape index (κ2) is 7.89. The Kier molecular flexibility index (Phi) is 4.94. The predicted molar refractivity (Wildman–Crippen MR) is 118 cm³/mol. The van der Waals surface area contributed by atoms with Gasteiger partial charge in [-0.1, -0.05) is 18.6 Å². The first-order chi connectivity index (χ1) is 14.7. The van der Waals surface area contributed by atoms with Crippen LogP contribution < -0.4 is 10.2 Å². The van der Waals surface area contributed by atoms with Crippen LogP contribution in [0, 0.1) is 5.92 Å². The number of rotatable bonds is 4. The van der Waals surface area contributed by atoms with Gasteiger partial charge < -0.3 is 15.1 Å². The lowest BCUT2D eigenvalue weighted by Gasteiger charge is -2.39. The maximum absolute atomic E-state index is 12.5. The van der Waals surface area contributed by atoms with Gasteiger partial charge in [-0.25, -0.2) is 9.97 Å². The van der Waals surface area contributed by atoms with Crippen LogP contribution in [0.4, 0.5) is 11.5 Å². The van der Waals surface area contributed by atoms with Crippen LogP contribution in [0.15, 0.2) is 42.7 Å². The third-order valence-corrected chi connectivity index (χ3v) is 6.27. The number of aromatic nitrogens is 3. The first-order valence-electron chi connectivity index (χ1n) is 10.7. The largest absolute Gasteiger partial charge is 0.371 e. The zero-order chi connectivity index (χ0) is 20.5. The Labute approximate surface area is 176 Å². The number of nitrogens with zero attached hydrogens (tertiary/aromatic N) is 5. The van der Waals surface area contributed by atoms with Crippen molar-refractivity contribution in [2.75, 3.05) is 43.4 Å². The number of amides is 1. The van der Waals surface area contributed by atoms with Crippen molar-refractivity contribution in [3.63, 3.8) is 0 Å². The molecule has 0 bridgehead atoms. The second-order valence-electron chi connectivity index (χ2n) is 8.02. The Hall–Kier alpha value is -3.22. The van der Waals surface area contributed by atoms with Gasteiger partial charge in [-0.05, 0) is 31.0 Å². The van der Waals surface area contributed by atoms with Crippen molar-refractivity contribution in [3.8, 4) is 11.3 Å². The first kappa shape index (κ1) is 18.8. The summed E-state index contributed by atoms with van der Waals surface area (Å²) in [5, 5.41) is 3.12. The average molecular weight is 403 g/mol. The van der Waals surface area contributed by atoms with Gasteiger partial charge in [0.15, 0.2) is 5.82 Å². The van der Waals surface area contributed by atoms with Gasteiger partial charge in [0.05, 0.1) is 11.2 Å². The predicted octanol–water partition coefficient (Wildman–Crippen LogP) is 3.18. The summed E-state index contributed by atoms with van der Waals surface area (Å²) in [4.78, 5) is 30.4. The maximum Gasteiger partial charge on any atom is 0.225 e. The Bertz CT molecular complexity index is 1050. The molecule has 30 heavy (non-hydrogen) atoms. The molecule has 154 valence electrons. The molecular formula is C23H26N6O. The zero-order valence-electron chi connectivity index (χ0n) is 17.2. The summed E-state index contributed by atoms with van der Waals surface area (Å²) < 4.78 is 0. The molecule has 1 saturated carbocycles. The number of nitrogens with one attached hydrogen (secondary N) is 1. The molecule has 1 saturated heterocycles. The average Bonchev–Trinajstić information content (AvgIpc) is 2.77. The van der Waals surface area contributed by atoms with Crippen molar-refractivity contribution in [2.45, 2.75) is 19.3 Å². The third-order valence-electron chi connectivity index (χ3n) is 6.27. The van der Waals surface area contributed by atoms with Crippen molar-refractivity contribution in [3.05, 3.63) is 42.7 Å². The number of carbonyl (C=O) groups excluding carboxylic acids is 1. The lowest BCUT2D eigenvalue weighted by atomic mass is 9.84. The molecule has 0 spiro atoms. The summed E-state index contributed by atoms with van der Waals surface area (Å²) in [6.07, 6.45) is 6.73. The summed E-state index contributed by atoms with van der Waals surface area (Å²) >= 11 is 0. The highest BCUT2D eigenvalue weighted by atomic mass is 16.2. The molecule has 2 fully saturated rings. The van der Waals surface area contributed by atoms with Gasteiger partial charge in [-0.2, -0.15) is 0 Å². The molecule has 5 rings (SSSR count). The number of hydrogen-bond acceptors (Lipinski definition) is 6. The molecule has 1 aromatic carbocycles. The highest BCUT2D eigenvalue weighted by molar-refractivity contribution is 5.88. The first-order valence-corrected chi connectivity index (χ1v) is 10.7. The fraction of sp³-hybridized carbons (Fsp3) is 0.391. The van der Waals surface area contributed by atoms with Crippen molar-refractivity contribution < 1.29 is 4.79 Å². The molecule has 3 aromatic rings. The quantitative estimate of drug-likeness (QED) is 0.723. The lowest BCUT2D eigenvalue weighted by molar-refractivity contribution is -0.138. The molecule has 0 atom stereocenters. The van der Waals surface area contributed by atoms with Crippen LogP contribution in [0.3, 0.4) is 0 Å². The number of carbonyl (C=O) groups is 1. The van der Waals surface area contributed by atoms with E-state index in [9.17, 15) is 4.79 Å². The molecular weight excluding hydrogens is 376 g/mol. The standard InChI is InChI=1S/C23H26N6O/c1-24-22-21-20(25-9-10-26-21)15-19(27-22)16-5-7-18(8-6-16)28-11-13-29(14-12-28)23(30)17-3-2-4-17/h5-10,15,17H,2-4,11-14H2,1H3,(H,24,27). The molecule has 1 amide bonds. The van der Waals surface area contributed by atoms with E-state index in [1.165, 1.54) is 12.1 Å². The summed E-state index contributed by atoms with van der Waals surface area (Å²) in [5.74, 6) is 1.38. The van der Waals surface area contributed by atoms with Gasteiger partial charge in [-0.15, -0.1) is 0 Å². The highest BCUT2D eigenvalue weighted by Crippen LogP contribution is 2.30. The van der Waals surface area contributed by atoms with Crippen molar-refractivity contribution in [1.29, 1.82) is 0 Å². The minimum absolute atomic E-state index is 0.289. The third kappa shape index (κ3) is 3.44. The van der Waals surface area contributed by atoms with E-state index in [2.05, 4.69) is 44.5 Å². The normalized spacial score (nSPS) is 17.1. The molecule has 3 heterocycles. The Morgan fingerprint density at radius 2 is 1.77 bits per heavy atom. The van der Waals surface area contributed by atoms with Crippen LogP contribution in [0.2, 0.25) is 0 Å². The van der Waals surface area contributed by atoms with Gasteiger partial charge in [0.2, 0.25) is 5.91 Å². The molecule has 1 aliphatic carbocycles. The smallest absolute Gasteiger partial charge is 0.225 e. The molecule has 2 aromatic heterocycles. The van der Waals surface area contributed by atoms with E-state index in [-0.39, 0.29) is 5.92 Å². The van der Waals surface area contributed by atoms with Crippen molar-refractivity contribution in [1.82, 2.24) is 19.9 Å². The van der Waals surface area contributed by atoms with E-state index in [0.29, 0.717) is 5.91 Å². The van der Waals surface area contributed by atoms with Gasteiger partial charge in [0.1, 0.15) is 5.52 Å². The minimum Gasteiger partial charge on any atom is -0.371 e. The maximum atomic E-state index is 12.5. The van der Waals surface area contributed by atoms with Crippen LogP contribution in [-0.4, -0.2) is 59.0 Å². The summed E-state index contributed by atoms with van der Waals surface area (Å²) in [5.41, 5.74) is 4.69. The van der Waals surface area contributed by atoms with Gasteiger partial charge in [0.25, 0.3) is 0 Å². The number of pyridine rings is 1. The van der Waals surface area contributed by atoms with E-state index < -0.39 is 0 Å². The number of piperazine rings is 1. The number of benzene rings is 1. The molecule has 7 heteroatoms. The van der Waals surface area contributed by atoms with E-state index >= 15 is 0 Å². The van der Waals surface area contributed by atoms with E-state index in [1.807, 2.05) is 18.0 Å². The van der Waals surface area contributed by atoms with Gasteiger partial charge >= 0.3 is 0 Å². The lowest BCUT2D eigenvalue weighted by Crippen LogP contribution is -2.51. The molecule has 1 aliphatic heterocycles. The Morgan fingerprint density at radius 1 is 1.03 bits per heavy atom. The van der Waals surface area contributed by atoms with E-state index in [0.717, 1.165) is 67.1 Å². The molecule has 0 radical (unpaired) electrons. The van der Waals surface area contributed by atoms with Gasteiger partial charge in [-0.3, -0.25) is 9.78 Å². The van der Waals surface area contributed by atoms with Crippen LogP contribution in [0.5, 0.6) is 0 Å². The summed E-state index contributed by atoms with van der Waals surface area (Å²) in [6, 6.07) is 10.5. The summed E-state index contributed by atoms with van der Waals surface area (Å²) in [6.45, 7) is 3.39. The Balaban J connectivity index is 1.30. The summed E-state index contributed by atoms with van der Waals surface area (Å²) in [7, 11) is 1.85. The minimum atomic E-state index is 0.289. The topological polar surface area (TPSA) is 74.2 Å². The van der Waals surface area contributed by atoms with Crippen molar-refractivity contribution >= 4 is 28.4 Å². The monoisotopic (exact) mass is 402 g/mol. The molecule has 0 unspecified atom stereocenters. The van der Waals surface area contributed by atoms with Crippen LogP contribution >= 0.6 is 0 Å². The molecule has 2 aliphatic rings. The van der Waals surface area contributed by atoms with Crippen LogP contribution in [-0.2, 0) is 4.79 Å². The molecule has 7 nitrogen and oxygen atoms in total. The number of anilines is 2. The van der Waals surface area contributed by atoms with Gasteiger partial charge in [0, 0.05) is 62.8 Å². The highest BCUT2D eigenvalue weighted by Gasteiger charge is 2.31. The molecule has 1 N–H and O–H groups in total. The fourth-order valence-corrected chi connectivity index (χ4v) is 4.24. The number of hydrogen-bond donors (Lipinski definition) is 1. The van der Waals surface area contributed by atoms with Crippen LogP contribution in [0.1, 0.15) is 19.3 Å². The SMILES string of the molecule is CNc1nc(-c2ccc(N3CCN(C(=O)C4CCC4)CC3)cc2)cc2nccnc12.